The van der Waals surface area contributed by atoms with Crippen LogP contribution in [0.15, 0.2) is 47.2 Å². The summed E-state index contributed by atoms with van der Waals surface area (Å²) < 4.78 is 12.5. The molecule has 9 heteroatoms. The third kappa shape index (κ3) is 5.05. The van der Waals surface area contributed by atoms with E-state index < -0.39 is 0 Å². The Morgan fingerprint density at radius 2 is 2.18 bits per heavy atom. The highest BCUT2D eigenvalue weighted by Crippen LogP contribution is 2.30. The number of thioether (sulfide) groups is 1. The predicted octanol–water partition coefficient (Wildman–Crippen LogP) is 3.72. The second-order valence-electron chi connectivity index (χ2n) is 5.95. The zero-order valence-corrected chi connectivity index (χ0v) is 17.5. The van der Waals surface area contributed by atoms with E-state index in [1.165, 1.54) is 16.6 Å². The number of amides is 1. The van der Waals surface area contributed by atoms with Gasteiger partial charge >= 0.3 is 0 Å². The molecule has 1 unspecified atom stereocenters. The van der Waals surface area contributed by atoms with Gasteiger partial charge in [0.15, 0.2) is 5.16 Å². The molecule has 0 aliphatic rings. The van der Waals surface area contributed by atoms with Crippen molar-refractivity contribution < 1.29 is 14.3 Å². The van der Waals surface area contributed by atoms with Crippen LogP contribution in [0.4, 0.5) is 5.69 Å². The van der Waals surface area contributed by atoms with E-state index in [9.17, 15) is 4.79 Å². The van der Waals surface area contributed by atoms with E-state index in [-0.39, 0.29) is 11.2 Å². The van der Waals surface area contributed by atoms with Crippen LogP contribution in [-0.4, -0.2) is 40.1 Å². The molecule has 1 aromatic carbocycles. The molecule has 0 bridgehead atoms. The third-order valence-corrected chi connectivity index (χ3v) is 6.11. The van der Waals surface area contributed by atoms with Crippen molar-refractivity contribution in [3.8, 4) is 11.5 Å². The summed E-state index contributed by atoms with van der Waals surface area (Å²) in [5, 5.41) is 13.5. The van der Waals surface area contributed by atoms with E-state index in [4.69, 9.17) is 9.47 Å². The number of benzene rings is 1. The van der Waals surface area contributed by atoms with E-state index in [1.807, 2.05) is 17.6 Å². The summed E-state index contributed by atoms with van der Waals surface area (Å²) >= 11 is 3.10. The lowest BCUT2D eigenvalue weighted by molar-refractivity contribution is -0.115. The van der Waals surface area contributed by atoms with Crippen LogP contribution >= 0.6 is 23.1 Å². The highest BCUT2D eigenvalue weighted by atomic mass is 32.2. The highest BCUT2D eigenvalue weighted by Gasteiger charge is 2.19. The molecule has 1 atom stereocenters. The number of carbonyl (C=O) groups is 1. The normalized spacial score (nSPS) is 11.8. The number of hydrogen-bond donors (Lipinski definition) is 1. The van der Waals surface area contributed by atoms with Gasteiger partial charge in [0.2, 0.25) is 5.91 Å². The molecule has 1 N–H and O–H groups in total. The van der Waals surface area contributed by atoms with Crippen molar-refractivity contribution in [1.82, 2.24) is 14.8 Å². The maximum atomic E-state index is 12.7. The van der Waals surface area contributed by atoms with Crippen LogP contribution in [0.2, 0.25) is 0 Å². The summed E-state index contributed by atoms with van der Waals surface area (Å²) in [5.41, 5.74) is 0.568. The molecule has 3 rings (SSSR count). The number of nitrogens with zero attached hydrogens (tertiary/aromatic N) is 3. The van der Waals surface area contributed by atoms with Crippen molar-refractivity contribution in [2.75, 3.05) is 19.5 Å². The second kappa shape index (κ2) is 9.61. The van der Waals surface area contributed by atoms with Gasteiger partial charge in [0.05, 0.1) is 25.2 Å². The molecule has 2 aromatic heterocycles. The van der Waals surface area contributed by atoms with E-state index in [0.29, 0.717) is 17.2 Å². The average molecular weight is 419 g/mol. The summed E-state index contributed by atoms with van der Waals surface area (Å²) in [6.07, 6.45) is 2.61. The summed E-state index contributed by atoms with van der Waals surface area (Å²) in [7, 11) is 3.14. The summed E-state index contributed by atoms with van der Waals surface area (Å²) in [4.78, 5) is 14.0. The number of hydrogen-bond acceptors (Lipinski definition) is 7. The molecule has 0 fully saturated rings. The van der Waals surface area contributed by atoms with E-state index in [1.54, 1.807) is 50.1 Å². The molecule has 0 radical (unpaired) electrons. The van der Waals surface area contributed by atoms with Gasteiger partial charge in [-0.15, -0.1) is 21.5 Å². The second-order valence-corrected chi connectivity index (χ2v) is 8.29. The molecule has 0 saturated heterocycles. The van der Waals surface area contributed by atoms with Gasteiger partial charge < -0.3 is 19.4 Å². The number of aryl methyl sites for hydroxylation is 2. The van der Waals surface area contributed by atoms with Gasteiger partial charge in [-0.2, -0.15) is 0 Å². The van der Waals surface area contributed by atoms with Gasteiger partial charge in [0.25, 0.3) is 0 Å². The first-order valence-corrected chi connectivity index (χ1v) is 10.5. The molecule has 2 heterocycles. The largest absolute Gasteiger partial charge is 0.497 e. The fourth-order valence-corrected chi connectivity index (χ4v) is 4.08. The van der Waals surface area contributed by atoms with Crippen LogP contribution in [0.25, 0.3) is 0 Å². The minimum Gasteiger partial charge on any atom is -0.497 e. The van der Waals surface area contributed by atoms with Crippen LogP contribution in [0.5, 0.6) is 11.5 Å². The Balaban J connectivity index is 1.63. The van der Waals surface area contributed by atoms with Crippen LogP contribution in [0.1, 0.15) is 11.8 Å². The van der Waals surface area contributed by atoms with Gasteiger partial charge in [0.1, 0.15) is 17.8 Å². The Bertz CT molecular complexity index is 912. The Kier molecular flexibility index (Phi) is 6.94. The Morgan fingerprint density at radius 3 is 2.89 bits per heavy atom. The lowest BCUT2D eigenvalue weighted by Crippen LogP contribution is -2.23. The molecule has 7 nitrogen and oxygen atoms in total. The Morgan fingerprint density at radius 1 is 1.32 bits per heavy atom. The molecule has 0 aliphatic heterocycles. The molecular weight excluding hydrogens is 396 g/mol. The first-order valence-electron chi connectivity index (χ1n) is 8.70. The molecule has 3 aromatic rings. The Labute approximate surface area is 172 Å². The van der Waals surface area contributed by atoms with Gasteiger partial charge in [-0.05, 0) is 36.9 Å². The summed E-state index contributed by atoms with van der Waals surface area (Å²) in [5.74, 6) is 1.07. The van der Waals surface area contributed by atoms with Crippen molar-refractivity contribution in [3.05, 3.63) is 46.9 Å². The van der Waals surface area contributed by atoms with Crippen LogP contribution in [0, 0.1) is 0 Å². The van der Waals surface area contributed by atoms with Gasteiger partial charge in [-0.3, -0.25) is 4.79 Å². The number of carbonyl (C=O) groups excluding carboxylic acids is 1. The van der Waals surface area contributed by atoms with Crippen LogP contribution in [0.3, 0.4) is 0 Å². The smallest absolute Gasteiger partial charge is 0.237 e. The molecule has 148 valence electrons. The van der Waals surface area contributed by atoms with E-state index >= 15 is 0 Å². The van der Waals surface area contributed by atoms with Gasteiger partial charge in [-0.1, -0.05) is 17.8 Å². The van der Waals surface area contributed by atoms with Gasteiger partial charge in [-0.25, -0.2) is 0 Å². The first kappa shape index (κ1) is 20.2. The topological polar surface area (TPSA) is 78.3 Å². The molecule has 0 saturated carbocycles. The fourth-order valence-electron chi connectivity index (χ4n) is 2.53. The monoisotopic (exact) mass is 418 g/mol. The first-order chi connectivity index (χ1) is 13.6. The number of aromatic nitrogens is 3. The number of ether oxygens (including phenoxy) is 2. The van der Waals surface area contributed by atoms with E-state index in [0.717, 1.165) is 18.1 Å². The van der Waals surface area contributed by atoms with Crippen molar-refractivity contribution in [2.45, 2.75) is 30.3 Å². The van der Waals surface area contributed by atoms with Crippen LogP contribution < -0.4 is 14.8 Å². The maximum absolute atomic E-state index is 12.7. The lowest BCUT2D eigenvalue weighted by atomic mass is 10.2. The minimum absolute atomic E-state index is 0.149. The summed E-state index contributed by atoms with van der Waals surface area (Å²) in [6, 6.07) is 9.42. The van der Waals surface area contributed by atoms with Crippen LogP contribution in [-0.2, 0) is 17.8 Å². The number of nitrogens with one attached hydrogen (secondary N) is 1. The zero-order chi connectivity index (χ0) is 19.9. The third-order valence-electron chi connectivity index (χ3n) is 4.08. The fraction of sp³-hybridized carbons (Fsp3) is 0.316. The molecule has 0 spiro atoms. The van der Waals surface area contributed by atoms with E-state index in [2.05, 4.69) is 27.0 Å². The quantitative estimate of drug-likeness (QED) is 0.534. The van der Waals surface area contributed by atoms with Crippen molar-refractivity contribution in [1.29, 1.82) is 0 Å². The SMILES string of the molecule is COc1ccc(OC)c(NC(=O)C(C)Sc2nncn2CCc2cccs2)c1. The number of methoxy groups -OCH3 is 2. The van der Waals surface area contributed by atoms with Crippen molar-refractivity contribution in [2.24, 2.45) is 0 Å². The number of rotatable bonds is 9. The zero-order valence-electron chi connectivity index (χ0n) is 15.9. The number of thiophene rings is 1. The predicted molar refractivity (Wildman–Crippen MR) is 112 cm³/mol. The van der Waals surface area contributed by atoms with Crippen molar-refractivity contribution in [3.63, 3.8) is 0 Å². The molecule has 0 aliphatic carbocycles. The van der Waals surface area contributed by atoms with Crippen molar-refractivity contribution >= 4 is 34.7 Å². The number of anilines is 1. The standard InChI is InChI=1S/C19H22N4O3S2/c1-13(18(24)21-16-11-14(25-2)6-7-17(16)26-3)28-19-22-20-12-23(19)9-8-15-5-4-10-27-15/h4-7,10-13H,8-9H2,1-3H3,(H,21,24). The average Bonchev–Trinajstić information content (AvgIpc) is 3.38. The summed E-state index contributed by atoms with van der Waals surface area (Å²) in [6.45, 7) is 2.61. The molecular formula is C19H22N4O3S2. The maximum Gasteiger partial charge on any atom is 0.237 e. The van der Waals surface area contributed by atoms with Gasteiger partial charge in [0, 0.05) is 17.5 Å². The molecule has 1 amide bonds. The highest BCUT2D eigenvalue weighted by molar-refractivity contribution is 8.00. The lowest BCUT2D eigenvalue weighted by Gasteiger charge is -2.15. The minimum atomic E-state index is -0.361. The Hall–Kier alpha value is -2.52. The molecule has 28 heavy (non-hydrogen) atoms.